The summed E-state index contributed by atoms with van der Waals surface area (Å²) in [4.78, 5) is 0. The van der Waals surface area contributed by atoms with Crippen LogP contribution < -0.4 is 5.73 Å². The van der Waals surface area contributed by atoms with Gasteiger partial charge in [-0.05, 0) is 18.9 Å². The van der Waals surface area contributed by atoms with E-state index in [-0.39, 0.29) is 11.9 Å². The molecule has 0 saturated carbocycles. The van der Waals surface area contributed by atoms with E-state index in [4.69, 9.17) is 10.5 Å². The molecule has 1 fully saturated rings. The third-order valence-corrected chi connectivity index (χ3v) is 3.22. The van der Waals surface area contributed by atoms with Crippen LogP contribution in [0.1, 0.15) is 24.6 Å². The van der Waals surface area contributed by atoms with Crippen molar-refractivity contribution in [3.05, 3.63) is 35.8 Å². The molecule has 2 heterocycles. The average molecular weight is 247 g/mol. The van der Waals surface area contributed by atoms with Gasteiger partial charge in [-0.2, -0.15) is 5.10 Å². The second-order valence-corrected chi connectivity index (χ2v) is 4.38. The summed E-state index contributed by atoms with van der Waals surface area (Å²) in [6.07, 6.45) is 1.84. The van der Waals surface area contributed by atoms with Gasteiger partial charge in [0.2, 0.25) is 0 Å². The first kappa shape index (κ1) is 11.2. The Kier molecular flexibility index (Phi) is 2.76. The van der Waals surface area contributed by atoms with E-state index in [1.54, 1.807) is 18.2 Å². The molecule has 3 N–H and O–H groups in total. The Morgan fingerprint density at radius 2 is 2.22 bits per heavy atom. The standard InChI is InChI=1S/C13H14FN3O/c14-9-5-2-1-4-8(9)11-12(16-17-13(11)15)10-6-3-7-18-10/h1-2,4-5,10H,3,6-7H2,(H3,15,16,17). The lowest BCUT2D eigenvalue weighted by Crippen LogP contribution is -2.00. The van der Waals surface area contributed by atoms with Crippen LogP contribution in [0.4, 0.5) is 10.2 Å². The molecule has 0 bridgehead atoms. The minimum Gasteiger partial charge on any atom is -0.382 e. The third-order valence-electron chi connectivity index (χ3n) is 3.22. The summed E-state index contributed by atoms with van der Waals surface area (Å²) in [7, 11) is 0. The zero-order chi connectivity index (χ0) is 12.5. The second-order valence-electron chi connectivity index (χ2n) is 4.38. The number of nitrogens with zero attached hydrogens (tertiary/aromatic N) is 1. The van der Waals surface area contributed by atoms with Gasteiger partial charge in [0.1, 0.15) is 5.82 Å². The first-order valence-corrected chi connectivity index (χ1v) is 5.97. The van der Waals surface area contributed by atoms with Crippen molar-refractivity contribution in [2.24, 2.45) is 0 Å². The number of hydrogen-bond acceptors (Lipinski definition) is 3. The summed E-state index contributed by atoms with van der Waals surface area (Å²) in [5.41, 5.74) is 7.71. The number of hydrogen-bond donors (Lipinski definition) is 2. The maximum Gasteiger partial charge on any atom is 0.153 e. The molecular formula is C13H14FN3O. The number of H-pyrrole nitrogens is 1. The molecular weight excluding hydrogens is 233 g/mol. The minimum absolute atomic E-state index is 0.0654. The molecule has 94 valence electrons. The average Bonchev–Trinajstić information content (AvgIpc) is 2.99. The fourth-order valence-corrected chi connectivity index (χ4v) is 2.36. The number of ether oxygens (including phenoxy) is 1. The first-order valence-electron chi connectivity index (χ1n) is 5.97. The Balaban J connectivity index is 2.11. The topological polar surface area (TPSA) is 63.9 Å². The SMILES string of the molecule is Nc1n[nH]c(C2CCCO2)c1-c1ccccc1F. The predicted molar refractivity (Wildman–Crippen MR) is 66.3 cm³/mol. The predicted octanol–water partition coefficient (Wildman–Crippen LogP) is 2.65. The Morgan fingerprint density at radius 1 is 1.39 bits per heavy atom. The van der Waals surface area contributed by atoms with E-state index >= 15 is 0 Å². The summed E-state index contributed by atoms with van der Waals surface area (Å²) < 4.78 is 19.5. The number of benzene rings is 1. The van der Waals surface area contributed by atoms with Gasteiger partial charge in [0.15, 0.2) is 5.82 Å². The van der Waals surface area contributed by atoms with Crippen molar-refractivity contribution in [2.45, 2.75) is 18.9 Å². The number of nitrogens with two attached hydrogens (primary N) is 1. The van der Waals surface area contributed by atoms with Crippen LogP contribution in [-0.2, 0) is 4.74 Å². The van der Waals surface area contributed by atoms with Crippen LogP contribution in [0.2, 0.25) is 0 Å². The van der Waals surface area contributed by atoms with Crippen LogP contribution in [0.15, 0.2) is 24.3 Å². The Hall–Kier alpha value is -1.88. The lowest BCUT2D eigenvalue weighted by Gasteiger charge is -2.10. The van der Waals surface area contributed by atoms with Crippen LogP contribution in [0.5, 0.6) is 0 Å². The van der Waals surface area contributed by atoms with Gasteiger partial charge in [0, 0.05) is 12.2 Å². The van der Waals surface area contributed by atoms with Crippen molar-refractivity contribution < 1.29 is 9.13 Å². The molecule has 0 aliphatic carbocycles. The van der Waals surface area contributed by atoms with E-state index in [9.17, 15) is 4.39 Å². The lowest BCUT2D eigenvalue weighted by molar-refractivity contribution is 0.109. The number of halogens is 1. The van der Waals surface area contributed by atoms with Crippen molar-refractivity contribution in [3.8, 4) is 11.1 Å². The summed E-state index contributed by atoms with van der Waals surface area (Å²) in [5.74, 6) is 0.00967. The minimum atomic E-state index is -0.301. The van der Waals surface area contributed by atoms with Gasteiger partial charge < -0.3 is 10.5 Å². The highest BCUT2D eigenvalue weighted by Crippen LogP contribution is 2.38. The van der Waals surface area contributed by atoms with Crippen LogP contribution in [0.25, 0.3) is 11.1 Å². The number of rotatable bonds is 2. The second kappa shape index (κ2) is 4.42. The van der Waals surface area contributed by atoms with Crippen molar-refractivity contribution in [3.63, 3.8) is 0 Å². The third kappa shape index (κ3) is 1.76. The van der Waals surface area contributed by atoms with Crippen LogP contribution in [-0.4, -0.2) is 16.8 Å². The van der Waals surface area contributed by atoms with Crippen LogP contribution in [0, 0.1) is 5.82 Å². The molecule has 1 aliphatic rings. The zero-order valence-electron chi connectivity index (χ0n) is 9.82. The molecule has 4 nitrogen and oxygen atoms in total. The molecule has 0 amide bonds. The maximum absolute atomic E-state index is 13.9. The Labute approximate surface area is 104 Å². The van der Waals surface area contributed by atoms with Gasteiger partial charge in [-0.15, -0.1) is 0 Å². The summed E-state index contributed by atoms with van der Waals surface area (Å²) in [5, 5.41) is 6.86. The van der Waals surface area contributed by atoms with Gasteiger partial charge in [-0.25, -0.2) is 4.39 Å². The number of nitrogen functional groups attached to an aromatic ring is 1. The van der Waals surface area contributed by atoms with E-state index in [1.807, 2.05) is 0 Å². The van der Waals surface area contributed by atoms with Gasteiger partial charge in [-0.1, -0.05) is 18.2 Å². The van der Waals surface area contributed by atoms with Crippen molar-refractivity contribution in [1.29, 1.82) is 0 Å². The van der Waals surface area contributed by atoms with E-state index in [1.165, 1.54) is 6.07 Å². The quantitative estimate of drug-likeness (QED) is 0.857. The number of aromatic amines is 1. The monoisotopic (exact) mass is 247 g/mol. The molecule has 1 atom stereocenters. The molecule has 1 aromatic heterocycles. The Bertz CT molecular complexity index is 561. The lowest BCUT2D eigenvalue weighted by atomic mass is 10.0. The molecule has 1 aromatic carbocycles. The molecule has 2 aromatic rings. The number of aromatic nitrogens is 2. The van der Waals surface area contributed by atoms with Crippen LogP contribution >= 0.6 is 0 Å². The van der Waals surface area contributed by atoms with Gasteiger partial charge >= 0.3 is 0 Å². The maximum atomic E-state index is 13.9. The molecule has 3 rings (SSSR count). The smallest absolute Gasteiger partial charge is 0.153 e. The van der Waals surface area contributed by atoms with Crippen molar-refractivity contribution >= 4 is 5.82 Å². The zero-order valence-corrected chi connectivity index (χ0v) is 9.82. The van der Waals surface area contributed by atoms with Crippen molar-refractivity contribution in [1.82, 2.24) is 10.2 Å². The van der Waals surface area contributed by atoms with E-state index in [2.05, 4.69) is 10.2 Å². The van der Waals surface area contributed by atoms with Crippen molar-refractivity contribution in [2.75, 3.05) is 12.3 Å². The molecule has 1 saturated heterocycles. The molecule has 0 spiro atoms. The van der Waals surface area contributed by atoms with E-state index < -0.39 is 0 Å². The molecule has 1 aliphatic heterocycles. The highest BCUT2D eigenvalue weighted by Gasteiger charge is 2.26. The van der Waals surface area contributed by atoms with Crippen LogP contribution in [0.3, 0.4) is 0 Å². The van der Waals surface area contributed by atoms with Gasteiger partial charge in [-0.3, -0.25) is 5.10 Å². The first-order chi connectivity index (χ1) is 8.77. The molecule has 5 heteroatoms. The molecule has 18 heavy (non-hydrogen) atoms. The highest BCUT2D eigenvalue weighted by molar-refractivity contribution is 5.77. The fraction of sp³-hybridized carbons (Fsp3) is 0.308. The Morgan fingerprint density at radius 3 is 2.94 bits per heavy atom. The summed E-state index contributed by atoms with van der Waals surface area (Å²) in [6.45, 7) is 0.723. The fourth-order valence-electron chi connectivity index (χ4n) is 2.36. The largest absolute Gasteiger partial charge is 0.382 e. The molecule has 1 unspecified atom stereocenters. The highest BCUT2D eigenvalue weighted by atomic mass is 19.1. The van der Waals surface area contributed by atoms with E-state index in [0.29, 0.717) is 16.9 Å². The van der Waals surface area contributed by atoms with E-state index in [0.717, 1.165) is 25.1 Å². The summed E-state index contributed by atoms with van der Waals surface area (Å²) >= 11 is 0. The number of nitrogens with one attached hydrogen (secondary N) is 1. The van der Waals surface area contributed by atoms with Gasteiger partial charge in [0.05, 0.1) is 17.4 Å². The van der Waals surface area contributed by atoms with Gasteiger partial charge in [0.25, 0.3) is 0 Å². The number of anilines is 1. The molecule has 0 radical (unpaired) electrons. The normalized spacial score (nSPS) is 19.3. The summed E-state index contributed by atoms with van der Waals surface area (Å²) in [6, 6.07) is 6.56.